The molecule has 3 aromatic heterocycles. The molecule has 0 radical (unpaired) electrons. The summed E-state index contributed by atoms with van der Waals surface area (Å²) in [6, 6.07) is 15.4. The van der Waals surface area contributed by atoms with Gasteiger partial charge in [-0.25, -0.2) is 19.9 Å². The number of anilines is 1. The molecule has 5 rings (SSSR count). The largest absolute Gasteiger partial charge is 0.394 e. The highest BCUT2D eigenvalue weighted by Crippen LogP contribution is 2.27. The Bertz CT molecular complexity index is 1290. The second kappa shape index (κ2) is 8.40. The number of H-pyrrole nitrogens is 1. The predicted octanol–water partition coefficient (Wildman–Crippen LogP) is 3.53. The molecule has 1 unspecified atom stereocenters. The van der Waals surface area contributed by atoms with Crippen molar-refractivity contribution in [2.45, 2.75) is 6.04 Å². The van der Waals surface area contributed by atoms with Crippen molar-refractivity contribution in [1.82, 2.24) is 30.1 Å². The minimum absolute atomic E-state index is 0. The van der Waals surface area contributed by atoms with Crippen molar-refractivity contribution in [3.63, 3.8) is 0 Å². The normalized spacial score (nSPS) is 11.9. The smallest absolute Gasteiger partial charge is 0.223 e. The molecule has 0 saturated heterocycles. The second-order valence-corrected chi connectivity index (χ2v) is 6.61. The standard InChI is InChI=1S/C21H17N7O.ClH/c29-11-18(13-4-2-1-3-5-13)27-21-22-9-15-8-14(6-7-17(15)26-21)19-16-10-25-28-20(16)24-12-23-19;/h1-10,12,18,29H,11H2,(H,22,26,27)(H,23,24,25,28);1H. The van der Waals surface area contributed by atoms with Crippen molar-refractivity contribution in [2.24, 2.45) is 0 Å². The average molecular weight is 420 g/mol. The number of rotatable bonds is 5. The van der Waals surface area contributed by atoms with E-state index in [1.54, 1.807) is 12.4 Å². The van der Waals surface area contributed by atoms with Crippen LogP contribution in [0.3, 0.4) is 0 Å². The van der Waals surface area contributed by atoms with E-state index in [-0.39, 0.29) is 25.1 Å². The van der Waals surface area contributed by atoms with Gasteiger partial charge >= 0.3 is 0 Å². The number of nitrogens with zero attached hydrogens (tertiary/aromatic N) is 5. The van der Waals surface area contributed by atoms with Crippen LogP contribution in [0.4, 0.5) is 5.95 Å². The predicted molar refractivity (Wildman–Crippen MR) is 117 cm³/mol. The molecule has 0 aliphatic rings. The number of hydrogen-bond acceptors (Lipinski definition) is 7. The zero-order valence-electron chi connectivity index (χ0n) is 15.7. The summed E-state index contributed by atoms with van der Waals surface area (Å²) in [5.74, 6) is 0.465. The van der Waals surface area contributed by atoms with Crippen LogP contribution < -0.4 is 5.32 Å². The van der Waals surface area contributed by atoms with Crippen LogP contribution in [-0.2, 0) is 0 Å². The molecule has 9 heteroatoms. The topological polar surface area (TPSA) is 112 Å². The first-order valence-corrected chi connectivity index (χ1v) is 9.15. The van der Waals surface area contributed by atoms with Crippen LogP contribution in [-0.4, -0.2) is 41.8 Å². The van der Waals surface area contributed by atoms with E-state index >= 15 is 0 Å². The van der Waals surface area contributed by atoms with E-state index in [4.69, 9.17) is 0 Å². The van der Waals surface area contributed by atoms with Crippen molar-refractivity contribution in [2.75, 3.05) is 11.9 Å². The highest BCUT2D eigenvalue weighted by Gasteiger charge is 2.13. The van der Waals surface area contributed by atoms with Gasteiger partial charge < -0.3 is 10.4 Å². The molecule has 5 aromatic rings. The van der Waals surface area contributed by atoms with E-state index in [1.807, 2.05) is 48.5 Å². The Hall–Kier alpha value is -3.62. The number of hydrogen-bond donors (Lipinski definition) is 3. The lowest BCUT2D eigenvalue weighted by molar-refractivity contribution is 0.276. The van der Waals surface area contributed by atoms with Crippen LogP contribution in [0.2, 0.25) is 0 Å². The van der Waals surface area contributed by atoms with Gasteiger partial charge in [-0.2, -0.15) is 5.10 Å². The fourth-order valence-corrected chi connectivity index (χ4v) is 3.32. The van der Waals surface area contributed by atoms with Gasteiger partial charge in [0.15, 0.2) is 5.65 Å². The van der Waals surface area contributed by atoms with Crippen LogP contribution in [0.25, 0.3) is 33.2 Å². The molecule has 150 valence electrons. The molecule has 0 aliphatic carbocycles. The lowest BCUT2D eigenvalue weighted by Gasteiger charge is -2.16. The summed E-state index contributed by atoms with van der Waals surface area (Å²) in [4.78, 5) is 17.6. The third kappa shape index (κ3) is 3.66. The molecule has 2 aromatic carbocycles. The second-order valence-electron chi connectivity index (χ2n) is 6.61. The zero-order chi connectivity index (χ0) is 19.6. The Morgan fingerprint density at radius 2 is 1.87 bits per heavy atom. The lowest BCUT2D eigenvalue weighted by Crippen LogP contribution is -2.16. The summed E-state index contributed by atoms with van der Waals surface area (Å²) in [6.07, 6.45) is 5.00. The third-order valence-electron chi connectivity index (χ3n) is 4.79. The van der Waals surface area contributed by atoms with Crippen molar-refractivity contribution >= 4 is 40.3 Å². The van der Waals surface area contributed by atoms with Gasteiger partial charge in [0.25, 0.3) is 0 Å². The lowest BCUT2D eigenvalue weighted by atomic mass is 10.1. The number of fused-ring (bicyclic) bond motifs is 2. The van der Waals surface area contributed by atoms with Crippen LogP contribution >= 0.6 is 12.4 Å². The number of halogens is 1. The first-order chi connectivity index (χ1) is 14.3. The van der Waals surface area contributed by atoms with Crippen molar-refractivity contribution in [3.05, 3.63) is 72.8 Å². The fraction of sp³-hybridized carbons (Fsp3) is 0.0952. The van der Waals surface area contributed by atoms with Crippen LogP contribution in [0.15, 0.2) is 67.3 Å². The van der Waals surface area contributed by atoms with Crippen LogP contribution in [0, 0.1) is 0 Å². The van der Waals surface area contributed by atoms with Crippen LogP contribution in [0.5, 0.6) is 0 Å². The highest BCUT2D eigenvalue weighted by molar-refractivity contribution is 5.93. The molecule has 8 nitrogen and oxygen atoms in total. The monoisotopic (exact) mass is 419 g/mol. The maximum atomic E-state index is 9.75. The SMILES string of the molecule is Cl.OCC(Nc1ncc2cc(-c3ncnc4[nH]ncc34)ccc2n1)c1ccccc1. The average Bonchev–Trinajstić information content (AvgIpc) is 3.27. The number of aromatic nitrogens is 6. The maximum Gasteiger partial charge on any atom is 0.223 e. The first-order valence-electron chi connectivity index (χ1n) is 9.15. The molecule has 0 spiro atoms. The molecule has 0 amide bonds. The van der Waals surface area contributed by atoms with Gasteiger partial charge in [0.1, 0.15) is 6.33 Å². The van der Waals surface area contributed by atoms with Gasteiger partial charge in [-0.05, 0) is 17.7 Å². The molecule has 0 saturated carbocycles. The Morgan fingerprint density at radius 1 is 1.00 bits per heavy atom. The summed E-state index contributed by atoms with van der Waals surface area (Å²) in [5.41, 5.74) is 4.21. The molecule has 3 N–H and O–H groups in total. The minimum atomic E-state index is -0.275. The molecular formula is C21H18ClN7O. The number of nitrogens with one attached hydrogen (secondary N) is 2. The molecule has 0 fully saturated rings. The molecule has 0 aliphatic heterocycles. The van der Waals surface area contributed by atoms with Gasteiger partial charge in [0, 0.05) is 17.1 Å². The summed E-state index contributed by atoms with van der Waals surface area (Å²) in [6.45, 7) is -0.0568. The number of aliphatic hydroxyl groups excluding tert-OH is 1. The molecule has 1 atom stereocenters. The van der Waals surface area contributed by atoms with E-state index < -0.39 is 0 Å². The van der Waals surface area contributed by atoms with E-state index in [2.05, 4.69) is 35.5 Å². The number of benzene rings is 2. The molecule has 30 heavy (non-hydrogen) atoms. The summed E-state index contributed by atoms with van der Waals surface area (Å²) >= 11 is 0. The van der Waals surface area contributed by atoms with Gasteiger partial charge in [0.2, 0.25) is 5.95 Å². The van der Waals surface area contributed by atoms with E-state index in [0.717, 1.165) is 33.1 Å². The van der Waals surface area contributed by atoms with E-state index in [0.29, 0.717) is 11.6 Å². The zero-order valence-corrected chi connectivity index (χ0v) is 16.5. The quantitative estimate of drug-likeness (QED) is 0.399. The Morgan fingerprint density at radius 3 is 2.70 bits per heavy atom. The van der Waals surface area contributed by atoms with Gasteiger partial charge in [-0.3, -0.25) is 5.10 Å². The molecular weight excluding hydrogens is 402 g/mol. The Balaban J connectivity index is 0.00000218. The molecule has 3 heterocycles. The maximum absolute atomic E-state index is 9.75. The first kappa shape index (κ1) is 19.7. The van der Waals surface area contributed by atoms with Crippen molar-refractivity contribution < 1.29 is 5.11 Å². The Labute approximate surface area is 177 Å². The summed E-state index contributed by atoms with van der Waals surface area (Å²) < 4.78 is 0. The van der Waals surface area contributed by atoms with E-state index in [9.17, 15) is 5.11 Å². The minimum Gasteiger partial charge on any atom is -0.394 e. The van der Waals surface area contributed by atoms with Crippen molar-refractivity contribution in [1.29, 1.82) is 0 Å². The number of aliphatic hydroxyl groups is 1. The number of aromatic amines is 1. The van der Waals surface area contributed by atoms with Crippen molar-refractivity contribution in [3.8, 4) is 11.3 Å². The highest BCUT2D eigenvalue weighted by atomic mass is 35.5. The molecule has 0 bridgehead atoms. The summed E-state index contributed by atoms with van der Waals surface area (Å²) in [5, 5.41) is 21.6. The van der Waals surface area contributed by atoms with Gasteiger partial charge in [-0.1, -0.05) is 36.4 Å². The van der Waals surface area contributed by atoms with Crippen LogP contribution in [0.1, 0.15) is 11.6 Å². The fourth-order valence-electron chi connectivity index (χ4n) is 3.32. The van der Waals surface area contributed by atoms with E-state index in [1.165, 1.54) is 6.33 Å². The summed E-state index contributed by atoms with van der Waals surface area (Å²) in [7, 11) is 0. The third-order valence-corrected chi connectivity index (χ3v) is 4.79. The van der Waals surface area contributed by atoms with Gasteiger partial charge in [0.05, 0.1) is 35.4 Å². The van der Waals surface area contributed by atoms with Gasteiger partial charge in [-0.15, -0.1) is 12.4 Å². The Kier molecular flexibility index (Phi) is 5.51.